The van der Waals surface area contributed by atoms with Crippen molar-refractivity contribution in [1.29, 1.82) is 0 Å². The molecule has 0 atom stereocenters. The SMILES string of the molecule is O=C(COc1ccc2ccccc2c1)NCC1CCN(C(=O)c2cc3ccccc3o2)CC1. The van der Waals surface area contributed by atoms with Crippen molar-refractivity contribution in [2.45, 2.75) is 12.8 Å². The number of fused-ring (bicyclic) bond motifs is 2. The standard InChI is InChI=1S/C27H26N2O4/c30-26(18-32-23-10-9-20-5-1-2-6-21(20)15-23)28-17-19-11-13-29(14-12-19)27(31)25-16-22-7-3-4-8-24(22)33-25/h1-10,15-16,19H,11-14,17-18H2,(H,28,30). The molecule has 6 heteroatoms. The highest BCUT2D eigenvalue weighted by Crippen LogP contribution is 2.23. The molecule has 0 radical (unpaired) electrons. The van der Waals surface area contributed by atoms with Crippen molar-refractivity contribution in [1.82, 2.24) is 10.2 Å². The summed E-state index contributed by atoms with van der Waals surface area (Å²) >= 11 is 0. The molecule has 1 N–H and O–H groups in total. The Bertz CT molecular complexity index is 1250. The van der Waals surface area contributed by atoms with E-state index in [4.69, 9.17) is 9.15 Å². The maximum Gasteiger partial charge on any atom is 0.289 e. The Balaban J connectivity index is 1.06. The van der Waals surface area contributed by atoms with Gasteiger partial charge in [0.2, 0.25) is 0 Å². The highest BCUT2D eigenvalue weighted by Gasteiger charge is 2.26. The van der Waals surface area contributed by atoms with Crippen LogP contribution in [0.15, 0.2) is 77.2 Å². The first-order valence-electron chi connectivity index (χ1n) is 11.3. The van der Waals surface area contributed by atoms with Gasteiger partial charge in [-0.1, -0.05) is 48.5 Å². The van der Waals surface area contributed by atoms with Crippen molar-refractivity contribution >= 4 is 33.6 Å². The van der Waals surface area contributed by atoms with Crippen molar-refractivity contribution in [2.75, 3.05) is 26.2 Å². The molecule has 6 nitrogen and oxygen atoms in total. The number of hydrogen-bond acceptors (Lipinski definition) is 4. The number of hydrogen-bond donors (Lipinski definition) is 1. The second-order valence-electron chi connectivity index (χ2n) is 8.49. The molecule has 0 unspecified atom stereocenters. The first-order valence-corrected chi connectivity index (χ1v) is 11.3. The molecule has 1 aromatic heterocycles. The van der Waals surface area contributed by atoms with E-state index in [-0.39, 0.29) is 18.4 Å². The molecule has 2 amide bonds. The summed E-state index contributed by atoms with van der Waals surface area (Å²) in [7, 11) is 0. The predicted molar refractivity (Wildman–Crippen MR) is 127 cm³/mol. The summed E-state index contributed by atoms with van der Waals surface area (Å²) in [6, 6.07) is 23.3. The molecule has 0 saturated carbocycles. The van der Waals surface area contributed by atoms with E-state index in [1.165, 1.54) is 0 Å². The fourth-order valence-corrected chi connectivity index (χ4v) is 4.30. The van der Waals surface area contributed by atoms with Crippen molar-refractivity contribution in [3.05, 3.63) is 78.6 Å². The molecule has 0 aliphatic carbocycles. The van der Waals surface area contributed by atoms with Crippen LogP contribution in [0.25, 0.3) is 21.7 Å². The summed E-state index contributed by atoms with van der Waals surface area (Å²) in [5.74, 6) is 1.20. The number of para-hydroxylation sites is 1. The maximum atomic E-state index is 12.8. The monoisotopic (exact) mass is 442 g/mol. The first-order chi connectivity index (χ1) is 16.2. The molecule has 1 fully saturated rings. The van der Waals surface area contributed by atoms with Gasteiger partial charge in [0.05, 0.1) is 0 Å². The summed E-state index contributed by atoms with van der Waals surface area (Å²) in [4.78, 5) is 26.9. The number of nitrogens with zero attached hydrogens (tertiary/aromatic N) is 1. The number of likely N-dealkylation sites (tertiary alicyclic amines) is 1. The molecule has 1 saturated heterocycles. The fourth-order valence-electron chi connectivity index (χ4n) is 4.30. The largest absolute Gasteiger partial charge is 0.484 e. The van der Waals surface area contributed by atoms with Crippen LogP contribution in [-0.2, 0) is 4.79 Å². The zero-order valence-electron chi connectivity index (χ0n) is 18.3. The number of nitrogens with one attached hydrogen (secondary N) is 1. The van der Waals surface area contributed by atoms with Crippen LogP contribution in [0.1, 0.15) is 23.4 Å². The Morgan fingerprint density at radius 1 is 0.909 bits per heavy atom. The van der Waals surface area contributed by atoms with Gasteiger partial charge in [0, 0.05) is 25.0 Å². The maximum absolute atomic E-state index is 12.8. The van der Waals surface area contributed by atoms with Crippen molar-refractivity contribution in [3.8, 4) is 5.75 Å². The van der Waals surface area contributed by atoms with Crippen molar-refractivity contribution in [2.24, 2.45) is 5.92 Å². The van der Waals surface area contributed by atoms with Crippen LogP contribution in [0.4, 0.5) is 0 Å². The Morgan fingerprint density at radius 3 is 2.42 bits per heavy atom. The minimum atomic E-state index is -0.135. The lowest BCUT2D eigenvalue weighted by Crippen LogP contribution is -2.42. The Kier molecular flexibility index (Phi) is 5.98. The van der Waals surface area contributed by atoms with E-state index in [0.717, 1.165) is 34.6 Å². The van der Waals surface area contributed by atoms with Gasteiger partial charge in [-0.25, -0.2) is 0 Å². The fraction of sp³-hybridized carbons (Fsp3) is 0.259. The Morgan fingerprint density at radius 2 is 1.64 bits per heavy atom. The molecule has 33 heavy (non-hydrogen) atoms. The van der Waals surface area contributed by atoms with Gasteiger partial charge in [0.25, 0.3) is 11.8 Å². The van der Waals surface area contributed by atoms with E-state index in [1.54, 1.807) is 6.07 Å². The van der Waals surface area contributed by atoms with Crippen LogP contribution in [0.2, 0.25) is 0 Å². The van der Waals surface area contributed by atoms with E-state index in [0.29, 0.717) is 37.1 Å². The third-order valence-electron chi connectivity index (χ3n) is 6.22. The van der Waals surface area contributed by atoms with Crippen LogP contribution in [0, 0.1) is 5.92 Å². The average molecular weight is 443 g/mol. The molecule has 1 aliphatic rings. The zero-order chi connectivity index (χ0) is 22.6. The molecule has 168 valence electrons. The third-order valence-corrected chi connectivity index (χ3v) is 6.22. The quantitative estimate of drug-likeness (QED) is 0.473. The van der Waals surface area contributed by atoms with Crippen molar-refractivity contribution < 1.29 is 18.7 Å². The van der Waals surface area contributed by atoms with Gasteiger partial charge in [-0.2, -0.15) is 0 Å². The number of furan rings is 1. The highest BCUT2D eigenvalue weighted by molar-refractivity contribution is 5.96. The predicted octanol–water partition coefficient (Wildman–Crippen LogP) is 4.63. The lowest BCUT2D eigenvalue weighted by molar-refractivity contribution is -0.123. The summed E-state index contributed by atoms with van der Waals surface area (Å²) in [6.45, 7) is 1.89. The second-order valence-corrected chi connectivity index (χ2v) is 8.49. The van der Waals surface area contributed by atoms with E-state index in [1.807, 2.05) is 71.6 Å². The van der Waals surface area contributed by atoms with E-state index in [9.17, 15) is 9.59 Å². The van der Waals surface area contributed by atoms with Crippen LogP contribution >= 0.6 is 0 Å². The zero-order valence-corrected chi connectivity index (χ0v) is 18.3. The van der Waals surface area contributed by atoms with Gasteiger partial charge >= 0.3 is 0 Å². The molecule has 4 aromatic rings. The summed E-state index contributed by atoms with van der Waals surface area (Å²) < 4.78 is 11.4. The molecule has 5 rings (SSSR count). The third kappa shape index (κ3) is 4.85. The summed E-state index contributed by atoms with van der Waals surface area (Å²) in [6.07, 6.45) is 1.69. The van der Waals surface area contributed by atoms with Crippen LogP contribution in [-0.4, -0.2) is 43.0 Å². The number of carbonyl (C=O) groups excluding carboxylic acids is 2. The minimum Gasteiger partial charge on any atom is -0.484 e. The number of carbonyl (C=O) groups is 2. The van der Waals surface area contributed by atoms with Crippen molar-refractivity contribution in [3.63, 3.8) is 0 Å². The van der Waals surface area contributed by atoms with Gasteiger partial charge < -0.3 is 19.4 Å². The number of benzene rings is 3. The first kappa shape index (κ1) is 21.1. The van der Waals surface area contributed by atoms with Gasteiger partial charge in [-0.05, 0) is 53.8 Å². The Labute approximate surface area is 192 Å². The Hall–Kier alpha value is -3.80. The molecule has 1 aliphatic heterocycles. The summed E-state index contributed by atoms with van der Waals surface area (Å²) in [5, 5.41) is 6.12. The molecule has 0 spiro atoms. The topological polar surface area (TPSA) is 71.8 Å². The van der Waals surface area contributed by atoms with Gasteiger partial charge in [0.15, 0.2) is 12.4 Å². The van der Waals surface area contributed by atoms with Gasteiger partial charge in [0.1, 0.15) is 11.3 Å². The molecule has 3 aromatic carbocycles. The van der Waals surface area contributed by atoms with Gasteiger partial charge in [-0.15, -0.1) is 0 Å². The van der Waals surface area contributed by atoms with Gasteiger partial charge in [-0.3, -0.25) is 9.59 Å². The molecule has 0 bridgehead atoms. The van der Waals surface area contributed by atoms with Crippen LogP contribution < -0.4 is 10.1 Å². The smallest absolute Gasteiger partial charge is 0.289 e. The average Bonchev–Trinajstić information content (AvgIpc) is 3.30. The molecular weight excluding hydrogens is 416 g/mol. The second kappa shape index (κ2) is 9.36. The lowest BCUT2D eigenvalue weighted by Gasteiger charge is -2.31. The molecule has 2 heterocycles. The van der Waals surface area contributed by atoms with E-state index < -0.39 is 0 Å². The number of piperidine rings is 1. The lowest BCUT2D eigenvalue weighted by atomic mass is 9.96. The minimum absolute atomic E-state index is 0.0122. The highest BCUT2D eigenvalue weighted by atomic mass is 16.5. The normalized spacial score (nSPS) is 14.5. The molecular formula is C27H26N2O4. The number of ether oxygens (including phenoxy) is 1. The van der Waals surface area contributed by atoms with Crippen LogP contribution in [0.5, 0.6) is 5.75 Å². The van der Waals surface area contributed by atoms with E-state index in [2.05, 4.69) is 5.32 Å². The number of rotatable bonds is 6. The summed E-state index contributed by atoms with van der Waals surface area (Å²) in [5.41, 5.74) is 0.726. The number of amides is 2. The van der Waals surface area contributed by atoms with Crippen LogP contribution in [0.3, 0.4) is 0 Å². The van der Waals surface area contributed by atoms with E-state index >= 15 is 0 Å².